The first kappa shape index (κ1) is 16.3. The Kier molecular flexibility index (Phi) is 5.65. The summed E-state index contributed by atoms with van der Waals surface area (Å²) in [5, 5.41) is 3.31. The fraction of sp³-hybridized carbons (Fsp3) is 0.588. The van der Waals surface area contributed by atoms with Gasteiger partial charge in [-0.05, 0) is 56.2 Å². The molecule has 0 aliphatic carbocycles. The minimum Gasteiger partial charge on any atom is -0.341 e. The summed E-state index contributed by atoms with van der Waals surface area (Å²) in [6, 6.07) is 8.75. The predicted molar refractivity (Wildman–Crippen MR) is 88.0 cm³/mol. The molecule has 2 saturated heterocycles. The SMILES string of the molecule is Cc1ccccc1C1CCN(C(=O)C2CCCN2)CC1.Cl. The van der Waals surface area contributed by atoms with Crippen LogP contribution in [0.1, 0.15) is 42.7 Å². The molecule has 0 saturated carbocycles. The summed E-state index contributed by atoms with van der Waals surface area (Å²) in [4.78, 5) is 14.4. The number of benzene rings is 1. The second-order valence-corrected chi connectivity index (χ2v) is 6.11. The number of nitrogens with one attached hydrogen (secondary N) is 1. The van der Waals surface area contributed by atoms with Gasteiger partial charge in [0.2, 0.25) is 5.91 Å². The van der Waals surface area contributed by atoms with E-state index in [1.165, 1.54) is 11.1 Å². The normalized spacial score (nSPS) is 22.9. The summed E-state index contributed by atoms with van der Waals surface area (Å²) in [5.74, 6) is 0.947. The molecule has 3 nitrogen and oxygen atoms in total. The number of amides is 1. The van der Waals surface area contributed by atoms with Crippen LogP contribution in [-0.2, 0) is 4.79 Å². The van der Waals surface area contributed by atoms with Crippen LogP contribution in [0.4, 0.5) is 0 Å². The minimum absolute atomic E-state index is 0. The summed E-state index contributed by atoms with van der Waals surface area (Å²) in [6.07, 6.45) is 4.35. The fourth-order valence-electron chi connectivity index (χ4n) is 3.57. The predicted octanol–water partition coefficient (Wildman–Crippen LogP) is 2.87. The first-order chi connectivity index (χ1) is 9.75. The van der Waals surface area contributed by atoms with Crippen molar-refractivity contribution in [2.24, 2.45) is 0 Å². The summed E-state index contributed by atoms with van der Waals surface area (Å²) in [7, 11) is 0. The standard InChI is InChI=1S/C17H24N2O.ClH/c1-13-5-2-3-6-15(13)14-8-11-19(12-9-14)17(20)16-7-4-10-18-16;/h2-3,5-6,14,16,18H,4,7-12H2,1H3;1H. The third-order valence-corrected chi connectivity index (χ3v) is 4.79. The third-order valence-electron chi connectivity index (χ3n) is 4.79. The van der Waals surface area contributed by atoms with Crippen LogP contribution >= 0.6 is 12.4 Å². The van der Waals surface area contributed by atoms with Gasteiger partial charge in [-0.2, -0.15) is 0 Å². The Morgan fingerprint density at radius 3 is 2.52 bits per heavy atom. The van der Waals surface area contributed by atoms with Crippen LogP contribution in [0, 0.1) is 6.92 Å². The molecular formula is C17H25ClN2O. The monoisotopic (exact) mass is 308 g/mol. The van der Waals surface area contributed by atoms with Crippen molar-refractivity contribution >= 4 is 18.3 Å². The maximum atomic E-state index is 12.4. The molecule has 0 spiro atoms. The summed E-state index contributed by atoms with van der Waals surface area (Å²) in [5.41, 5.74) is 2.85. The quantitative estimate of drug-likeness (QED) is 0.911. The molecule has 2 aliphatic rings. The highest BCUT2D eigenvalue weighted by Gasteiger charge is 2.30. The van der Waals surface area contributed by atoms with E-state index < -0.39 is 0 Å². The number of hydrogen-bond donors (Lipinski definition) is 1. The van der Waals surface area contributed by atoms with E-state index in [1.54, 1.807) is 0 Å². The van der Waals surface area contributed by atoms with Gasteiger partial charge in [0.1, 0.15) is 0 Å². The van der Waals surface area contributed by atoms with Crippen molar-refractivity contribution in [2.45, 2.75) is 44.6 Å². The van der Waals surface area contributed by atoms with E-state index in [4.69, 9.17) is 0 Å². The second-order valence-electron chi connectivity index (χ2n) is 6.11. The van der Waals surface area contributed by atoms with E-state index in [2.05, 4.69) is 41.4 Å². The number of rotatable bonds is 2. The molecule has 1 atom stereocenters. The Morgan fingerprint density at radius 1 is 1.19 bits per heavy atom. The molecule has 1 N–H and O–H groups in total. The average Bonchev–Trinajstić information content (AvgIpc) is 3.01. The van der Waals surface area contributed by atoms with Crippen molar-refractivity contribution in [2.75, 3.05) is 19.6 Å². The first-order valence-corrected chi connectivity index (χ1v) is 7.83. The number of hydrogen-bond acceptors (Lipinski definition) is 2. The van der Waals surface area contributed by atoms with Gasteiger partial charge in [-0.1, -0.05) is 24.3 Å². The van der Waals surface area contributed by atoms with Gasteiger partial charge in [-0.25, -0.2) is 0 Å². The molecule has 3 rings (SSSR count). The highest BCUT2D eigenvalue weighted by Crippen LogP contribution is 2.30. The molecule has 2 heterocycles. The molecule has 1 aromatic rings. The molecule has 0 radical (unpaired) electrons. The molecule has 2 fully saturated rings. The molecule has 116 valence electrons. The van der Waals surface area contributed by atoms with Crippen molar-refractivity contribution in [3.05, 3.63) is 35.4 Å². The van der Waals surface area contributed by atoms with Gasteiger partial charge in [-0.15, -0.1) is 12.4 Å². The lowest BCUT2D eigenvalue weighted by Gasteiger charge is -2.34. The number of piperidine rings is 1. The van der Waals surface area contributed by atoms with Crippen LogP contribution in [0.3, 0.4) is 0 Å². The lowest BCUT2D eigenvalue weighted by Crippen LogP contribution is -2.46. The number of nitrogens with zero attached hydrogens (tertiary/aromatic N) is 1. The number of carbonyl (C=O) groups excluding carboxylic acids is 1. The van der Waals surface area contributed by atoms with E-state index >= 15 is 0 Å². The van der Waals surface area contributed by atoms with Crippen LogP contribution in [0.25, 0.3) is 0 Å². The number of carbonyl (C=O) groups is 1. The topological polar surface area (TPSA) is 32.3 Å². The highest BCUT2D eigenvalue weighted by atomic mass is 35.5. The molecule has 1 aromatic carbocycles. The Labute approximate surface area is 133 Å². The van der Waals surface area contributed by atoms with Crippen LogP contribution in [0.2, 0.25) is 0 Å². The maximum Gasteiger partial charge on any atom is 0.239 e. The summed E-state index contributed by atoms with van der Waals surface area (Å²) < 4.78 is 0. The first-order valence-electron chi connectivity index (χ1n) is 7.83. The van der Waals surface area contributed by atoms with Gasteiger partial charge in [0.25, 0.3) is 0 Å². The van der Waals surface area contributed by atoms with E-state index in [0.29, 0.717) is 11.8 Å². The van der Waals surface area contributed by atoms with Crippen molar-refractivity contribution in [1.82, 2.24) is 10.2 Å². The van der Waals surface area contributed by atoms with Gasteiger partial charge in [-0.3, -0.25) is 4.79 Å². The van der Waals surface area contributed by atoms with Gasteiger partial charge in [0, 0.05) is 13.1 Å². The molecule has 1 unspecified atom stereocenters. The van der Waals surface area contributed by atoms with Crippen LogP contribution in [0.15, 0.2) is 24.3 Å². The van der Waals surface area contributed by atoms with Gasteiger partial charge in [0.05, 0.1) is 6.04 Å². The minimum atomic E-state index is 0. The molecular weight excluding hydrogens is 284 g/mol. The molecule has 0 bridgehead atoms. The number of aryl methyl sites for hydroxylation is 1. The van der Waals surface area contributed by atoms with Gasteiger partial charge >= 0.3 is 0 Å². The Bertz CT molecular complexity index is 477. The molecule has 1 amide bonds. The lowest BCUT2D eigenvalue weighted by atomic mass is 9.87. The van der Waals surface area contributed by atoms with Gasteiger partial charge in [0.15, 0.2) is 0 Å². The smallest absolute Gasteiger partial charge is 0.239 e. The number of likely N-dealkylation sites (tertiary alicyclic amines) is 1. The Balaban J connectivity index is 0.00000161. The van der Waals surface area contributed by atoms with Crippen molar-refractivity contribution < 1.29 is 4.79 Å². The zero-order chi connectivity index (χ0) is 13.9. The van der Waals surface area contributed by atoms with Crippen LogP contribution < -0.4 is 5.32 Å². The average molecular weight is 309 g/mol. The van der Waals surface area contributed by atoms with E-state index in [-0.39, 0.29) is 18.4 Å². The number of halogens is 1. The van der Waals surface area contributed by atoms with Crippen molar-refractivity contribution in [3.8, 4) is 0 Å². The zero-order valence-corrected chi connectivity index (χ0v) is 13.5. The van der Waals surface area contributed by atoms with Crippen LogP contribution in [-0.4, -0.2) is 36.5 Å². The van der Waals surface area contributed by atoms with Gasteiger partial charge < -0.3 is 10.2 Å². The highest BCUT2D eigenvalue weighted by molar-refractivity contribution is 5.85. The van der Waals surface area contributed by atoms with E-state index in [0.717, 1.165) is 45.3 Å². The zero-order valence-electron chi connectivity index (χ0n) is 12.7. The maximum absolute atomic E-state index is 12.4. The van der Waals surface area contributed by atoms with E-state index in [1.807, 2.05) is 0 Å². The summed E-state index contributed by atoms with van der Waals surface area (Å²) >= 11 is 0. The fourth-order valence-corrected chi connectivity index (χ4v) is 3.57. The lowest BCUT2D eigenvalue weighted by molar-refractivity contribution is -0.134. The molecule has 4 heteroatoms. The van der Waals surface area contributed by atoms with Crippen LogP contribution in [0.5, 0.6) is 0 Å². The third kappa shape index (κ3) is 3.58. The largest absolute Gasteiger partial charge is 0.341 e. The second kappa shape index (κ2) is 7.28. The molecule has 21 heavy (non-hydrogen) atoms. The Morgan fingerprint density at radius 2 is 1.90 bits per heavy atom. The Hall–Kier alpha value is -1.06. The summed E-state index contributed by atoms with van der Waals surface area (Å²) in [6.45, 7) is 5.01. The molecule has 2 aliphatic heterocycles. The van der Waals surface area contributed by atoms with Crippen molar-refractivity contribution in [1.29, 1.82) is 0 Å². The van der Waals surface area contributed by atoms with Crippen molar-refractivity contribution in [3.63, 3.8) is 0 Å². The molecule has 0 aromatic heterocycles. The van der Waals surface area contributed by atoms with E-state index in [9.17, 15) is 4.79 Å².